The molecule has 1 heterocycles. The van der Waals surface area contributed by atoms with E-state index in [0.29, 0.717) is 13.2 Å². The number of carbonyl (C=O) groups is 1. The van der Waals surface area contributed by atoms with Gasteiger partial charge in [-0.2, -0.15) is 5.48 Å². The minimum absolute atomic E-state index is 0.217. The molecule has 5 nitrogen and oxygen atoms in total. The van der Waals surface area contributed by atoms with E-state index in [2.05, 4.69) is 12.4 Å². The molecule has 0 radical (unpaired) electrons. The van der Waals surface area contributed by atoms with Crippen molar-refractivity contribution in [2.75, 3.05) is 19.7 Å². The molecule has 5 heteroatoms. The normalized spacial score (nSPS) is 20.7. The number of ether oxygens (including phenoxy) is 1. The van der Waals surface area contributed by atoms with Crippen LogP contribution in [0.1, 0.15) is 40.5 Å². The van der Waals surface area contributed by atoms with Crippen molar-refractivity contribution < 1.29 is 14.4 Å². The number of nitrogens with zero attached hydrogens (tertiary/aromatic N) is 1. The second-order valence-corrected chi connectivity index (χ2v) is 5.38. The minimum atomic E-state index is -0.429. The van der Waals surface area contributed by atoms with Gasteiger partial charge in [0.05, 0.1) is 12.6 Å². The van der Waals surface area contributed by atoms with Crippen LogP contribution in [0.2, 0.25) is 0 Å². The Hall–Kier alpha value is -0.810. The zero-order valence-corrected chi connectivity index (χ0v) is 11.3. The summed E-state index contributed by atoms with van der Waals surface area (Å²) in [6, 6.07) is 0.217. The number of hydrogen-bond donors (Lipinski definition) is 1. The van der Waals surface area contributed by atoms with E-state index < -0.39 is 5.60 Å². The zero-order valence-electron chi connectivity index (χ0n) is 11.3. The fourth-order valence-corrected chi connectivity index (χ4v) is 1.63. The number of amides is 1. The van der Waals surface area contributed by atoms with E-state index in [-0.39, 0.29) is 12.1 Å². The number of rotatable bonds is 4. The maximum atomic E-state index is 11.8. The van der Waals surface area contributed by atoms with Crippen molar-refractivity contribution in [1.82, 2.24) is 10.4 Å². The fourth-order valence-electron chi connectivity index (χ4n) is 1.63. The van der Waals surface area contributed by atoms with E-state index in [4.69, 9.17) is 9.57 Å². The molecule has 0 saturated carbocycles. The van der Waals surface area contributed by atoms with Crippen molar-refractivity contribution in [2.45, 2.75) is 52.2 Å². The lowest BCUT2D eigenvalue weighted by Gasteiger charge is -2.24. The number of nitrogens with one attached hydrogen (secondary N) is 1. The largest absolute Gasteiger partial charge is 0.444 e. The smallest absolute Gasteiger partial charge is 0.410 e. The molecule has 1 aliphatic heterocycles. The van der Waals surface area contributed by atoms with Gasteiger partial charge in [-0.05, 0) is 33.6 Å². The van der Waals surface area contributed by atoms with Gasteiger partial charge in [-0.3, -0.25) is 0 Å². The molecular formula is C12H24N2O3. The van der Waals surface area contributed by atoms with Crippen LogP contribution in [0.15, 0.2) is 0 Å². The summed E-state index contributed by atoms with van der Waals surface area (Å²) in [7, 11) is 0. The second kappa shape index (κ2) is 6.21. The summed E-state index contributed by atoms with van der Waals surface area (Å²) in [6.07, 6.45) is 1.65. The minimum Gasteiger partial charge on any atom is -0.444 e. The standard InChI is InChI=1S/C12H24N2O3/c1-5-8-16-13-10-6-7-14(9-10)11(15)17-12(2,3)4/h10,13H,5-9H2,1-4H3. The predicted octanol–water partition coefficient (Wildman–Crippen LogP) is 1.93. The summed E-state index contributed by atoms with van der Waals surface area (Å²) < 4.78 is 5.31. The Morgan fingerprint density at radius 1 is 1.47 bits per heavy atom. The van der Waals surface area contributed by atoms with E-state index >= 15 is 0 Å². The molecule has 0 bridgehead atoms. The lowest BCUT2D eigenvalue weighted by Crippen LogP contribution is -2.38. The van der Waals surface area contributed by atoms with Gasteiger partial charge in [0.2, 0.25) is 0 Å². The Kier molecular flexibility index (Phi) is 5.21. The Balaban J connectivity index is 2.27. The first-order valence-electron chi connectivity index (χ1n) is 6.27. The molecule has 1 fully saturated rings. The van der Waals surface area contributed by atoms with Crippen molar-refractivity contribution in [2.24, 2.45) is 0 Å². The van der Waals surface area contributed by atoms with Crippen molar-refractivity contribution in [3.63, 3.8) is 0 Å². The Morgan fingerprint density at radius 2 is 2.18 bits per heavy atom. The first-order chi connectivity index (χ1) is 7.92. The first kappa shape index (κ1) is 14.3. The molecule has 1 unspecified atom stereocenters. The average Bonchev–Trinajstić information content (AvgIpc) is 2.64. The number of hydroxylamine groups is 1. The SMILES string of the molecule is CCCONC1CCN(C(=O)OC(C)(C)C)C1. The Labute approximate surface area is 103 Å². The van der Waals surface area contributed by atoms with Crippen LogP contribution in [-0.4, -0.2) is 42.3 Å². The molecule has 1 N–H and O–H groups in total. The molecule has 0 aliphatic carbocycles. The lowest BCUT2D eigenvalue weighted by molar-refractivity contribution is 0.0126. The summed E-state index contributed by atoms with van der Waals surface area (Å²) in [5.74, 6) is 0. The molecule has 1 saturated heterocycles. The molecule has 1 amide bonds. The topological polar surface area (TPSA) is 50.8 Å². The van der Waals surface area contributed by atoms with Gasteiger partial charge >= 0.3 is 6.09 Å². The predicted molar refractivity (Wildman–Crippen MR) is 65.6 cm³/mol. The molecule has 1 rings (SSSR count). The number of carbonyl (C=O) groups excluding carboxylic acids is 1. The van der Waals surface area contributed by atoms with Gasteiger partial charge in [-0.15, -0.1) is 0 Å². The maximum absolute atomic E-state index is 11.8. The van der Waals surface area contributed by atoms with Crippen LogP contribution in [0.3, 0.4) is 0 Å². The molecule has 17 heavy (non-hydrogen) atoms. The van der Waals surface area contributed by atoms with Crippen LogP contribution in [0.5, 0.6) is 0 Å². The lowest BCUT2D eigenvalue weighted by atomic mass is 10.2. The highest BCUT2D eigenvalue weighted by Crippen LogP contribution is 2.15. The van der Waals surface area contributed by atoms with Crippen LogP contribution < -0.4 is 5.48 Å². The van der Waals surface area contributed by atoms with E-state index in [1.807, 2.05) is 20.8 Å². The van der Waals surface area contributed by atoms with E-state index in [9.17, 15) is 4.79 Å². The summed E-state index contributed by atoms with van der Waals surface area (Å²) in [6.45, 7) is 9.76. The molecule has 100 valence electrons. The van der Waals surface area contributed by atoms with Crippen molar-refractivity contribution in [3.05, 3.63) is 0 Å². The quantitative estimate of drug-likeness (QED) is 0.606. The summed E-state index contributed by atoms with van der Waals surface area (Å²) in [5, 5.41) is 0. The molecule has 0 aromatic carbocycles. The van der Waals surface area contributed by atoms with Crippen LogP contribution in [-0.2, 0) is 9.57 Å². The maximum Gasteiger partial charge on any atom is 0.410 e. The Bertz CT molecular complexity index is 251. The van der Waals surface area contributed by atoms with Crippen LogP contribution in [0.4, 0.5) is 4.79 Å². The van der Waals surface area contributed by atoms with Gasteiger partial charge < -0.3 is 14.5 Å². The van der Waals surface area contributed by atoms with E-state index in [1.54, 1.807) is 4.90 Å². The molecular weight excluding hydrogens is 220 g/mol. The number of likely N-dealkylation sites (tertiary alicyclic amines) is 1. The average molecular weight is 244 g/mol. The molecule has 1 aliphatic rings. The van der Waals surface area contributed by atoms with Crippen molar-refractivity contribution in [1.29, 1.82) is 0 Å². The van der Waals surface area contributed by atoms with Crippen LogP contribution in [0, 0.1) is 0 Å². The van der Waals surface area contributed by atoms with Crippen molar-refractivity contribution >= 4 is 6.09 Å². The second-order valence-electron chi connectivity index (χ2n) is 5.38. The van der Waals surface area contributed by atoms with Gasteiger partial charge in [0.25, 0.3) is 0 Å². The first-order valence-corrected chi connectivity index (χ1v) is 6.27. The summed E-state index contributed by atoms with van der Waals surface area (Å²) in [4.78, 5) is 18.8. The highest BCUT2D eigenvalue weighted by Gasteiger charge is 2.29. The van der Waals surface area contributed by atoms with Gasteiger partial charge in [-0.25, -0.2) is 4.79 Å². The third-order valence-electron chi connectivity index (χ3n) is 2.40. The van der Waals surface area contributed by atoms with Crippen LogP contribution >= 0.6 is 0 Å². The van der Waals surface area contributed by atoms with Gasteiger partial charge in [0.1, 0.15) is 5.60 Å². The van der Waals surface area contributed by atoms with E-state index in [0.717, 1.165) is 19.4 Å². The highest BCUT2D eigenvalue weighted by atomic mass is 16.6. The van der Waals surface area contributed by atoms with Gasteiger partial charge in [0, 0.05) is 13.1 Å². The third-order valence-corrected chi connectivity index (χ3v) is 2.40. The number of hydrogen-bond acceptors (Lipinski definition) is 4. The Morgan fingerprint density at radius 3 is 2.76 bits per heavy atom. The summed E-state index contributed by atoms with van der Waals surface area (Å²) >= 11 is 0. The van der Waals surface area contributed by atoms with Gasteiger partial charge in [0.15, 0.2) is 0 Å². The molecule has 0 aromatic heterocycles. The monoisotopic (exact) mass is 244 g/mol. The molecule has 0 aromatic rings. The van der Waals surface area contributed by atoms with E-state index in [1.165, 1.54) is 0 Å². The van der Waals surface area contributed by atoms with Gasteiger partial charge in [-0.1, -0.05) is 6.92 Å². The highest BCUT2D eigenvalue weighted by molar-refractivity contribution is 5.68. The van der Waals surface area contributed by atoms with Crippen LogP contribution in [0.25, 0.3) is 0 Å². The fraction of sp³-hybridized carbons (Fsp3) is 0.917. The zero-order chi connectivity index (χ0) is 12.9. The summed E-state index contributed by atoms with van der Waals surface area (Å²) in [5.41, 5.74) is 2.55. The van der Waals surface area contributed by atoms with Crippen molar-refractivity contribution in [3.8, 4) is 0 Å². The third kappa shape index (κ3) is 5.37. The molecule has 1 atom stereocenters. The molecule has 0 spiro atoms.